The predicted octanol–water partition coefficient (Wildman–Crippen LogP) is 9.30. The Hall–Kier alpha value is -2.52. The average molecular weight is 673 g/mol. The van der Waals surface area contributed by atoms with Crippen molar-refractivity contribution in [3.63, 3.8) is 0 Å². The summed E-state index contributed by atoms with van der Waals surface area (Å²) in [6.45, 7) is 7.37. The zero-order valence-corrected chi connectivity index (χ0v) is 29.9. The van der Waals surface area contributed by atoms with Crippen molar-refractivity contribution in [2.75, 3.05) is 52.9 Å². The lowest BCUT2D eigenvalue weighted by molar-refractivity contribution is 0.0637. The van der Waals surface area contributed by atoms with E-state index in [1.807, 2.05) is 36.4 Å². The number of benzene rings is 2. The molecule has 2 aromatic carbocycles. The molecule has 0 spiro atoms. The van der Waals surface area contributed by atoms with Gasteiger partial charge in [-0.3, -0.25) is 0 Å². The zero-order chi connectivity index (χ0) is 34.1. The highest BCUT2D eigenvalue weighted by Gasteiger charge is 2.15. The molecule has 0 saturated heterocycles. The molecule has 0 saturated carbocycles. The van der Waals surface area contributed by atoms with Crippen molar-refractivity contribution >= 4 is 0 Å². The molecule has 8 nitrogen and oxygen atoms in total. The second-order valence-electron chi connectivity index (χ2n) is 12.9. The molecule has 0 aromatic heterocycles. The summed E-state index contributed by atoms with van der Waals surface area (Å²) in [5.74, 6) is 2.41. The maximum atomic E-state index is 10.9. The Morgan fingerprint density at radius 2 is 0.771 bits per heavy atom. The maximum absolute atomic E-state index is 10.9. The summed E-state index contributed by atoms with van der Waals surface area (Å²) in [5.41, 5.74) is 1.67. The van der Waals surface area contributed by atoms with E-state index in [4.69, 9.17) is 28.4 Å². The Labute approximate surface area is 290 Å². The van der Waals surface area contributed by atoms with Crippen molar-refractivity contribution in [2.24, 2.45) is 0 Å². The molecular weight excluding hydrogens is 608 g/mol. The fraction of sp³-hybridized carbons (Fsp3) is 0.700. The van der Waals surface area contributed by atoms with Crippen molar-refractivity contribution < 1.29 is 38.6 Å². The first-order valence-electron chi connectivity index (χ1n) is 18.9. The number of hydrogen-bond donors (Lipinski definition) is 2. The highest BCUT2D eigenvalue weighted by molar-refractivity contribution is 5.44. The van der Waals surface area contributed by atoms with Crippen LogP contribution in [0, 0.1) is 0 Å². The molecule has 0 radical (unpaired) electrons. The topological polar surface area (TPSA) is 95.8 Å². The lowest BCUT2D eigenvalue weighted by atomic mass is 10.0. The van der Waals surface area contributed by atoms with Gasteiger partial charge in [0, 0.05) is 0 Å². The summed E-state index contributed by atoms with van der Waals surface area (Å²) >= 11 is 0. The number of ether oxygens (including phenoxy) is 6. The number of hydrogen-bond acceptors (Lipinski definition) is 8. The van der Waals surface area contributed by atoms with E-state index >= 15 is 0 Å². The van der Waals surface area contributed by atoms with Crippen LogP contribution in [0.25, 0.3) is 0 Å². The minimum absolute atomic E-state index is 0.337. The van der Waals surface area contributed by atoms with Crippen LogP contribution in [0.2, 0.25) is 0 Å². The summed E-state index contributed by atoms with van der Waals surface area (Å²) in [5, 5.41) is 21.7. The average Bonchev–Trinajstić information content (AvgIpc) is 3.10. The van der Waals surface area contributed by atoms with E-state index in [0.717, 1.165) is 49.7 Å². The number of aliphatic hydroxyl groups is 2. The molecular formula is C40H64O8. The highest BCUT2D eigenvalue weighted by Crippen LogP contribution is 2.34. The third-order valence-electron chi connectivity index (χ3n) is 8.81. The van der Waals surface area contributed by atoms with Crippen LogP contribution >= 0.6 is 0 Å². The first-order chi connectivity index (χ1) is 23.6. The fourth-order valence-electron chi connectivity index (χ4n) is 5.90. The van der Waals surface area contributed by atoms with E-state index in [2.05, 4.69) is 13.8 Å². The Morgan fingerprint density at radius 1 is 0.438 bits per heavy atom. The molecule has 0 unspecified atom stereocenters. The SMILES string of the molecule is CCCCCCCCC[C@@H](O)c1ccc2c(c1)OCCOCCOc1ccc([C@H](O)CCCCCCCCC)cc1OCCOCCO2. The smallest absolute Gasteiger partial charge is 0.161 e. The summed E-state index contributed by atoms with van der Waals surface area (Å²) in [6.07, 6.45) is 17.4. The molecule has 2 aromatic rings. The number of unbranched alkanes of at least 4 members (excludes halogenated alkanes) is 12. The first-order valence-corrected chi connectivity index (χ1v) is 18.9. The Kier molecular flexibility index (Phi) is 21.2. The summed E-state index contributed by atoms with van der Waals surface area (Å²) in [4.78, 5) is 0. The molecule has 0 amide bonds. The van der Waals surface area contributed by atoms with Crippen LogP contribution in [0.1, 0.15) is 140 Å². The number of fused-ring (bicyclic) bond motifs is 2. The van der Waals surface area contributed by atoms with E-state index in [1.54, 1.807) is 0 Å². The Bertz CT molecular complexity index is 1010. The van der Waals surface area contributed by atoms with Gasteiger partial charge in [0.15, 0.2) is 23.0 Å². The molecule has 2 N–H and O–H groups in total. The summed E-state index contributed by atoms with van der Waals surface area (Å²) in [7, 11) is 0. The van der Waals surface area contributed by atoms with Crippen molar-refractivity contribution in [1.29, 1.82) is 0 Å². The molecule has 0 aliphatic carbocycles. The van der Waals surface area contributed by atoms with Gasteiger partial charge in [0.1, 0.15) is 26.4 Å². The van der Waals surface area contributed by atoms with Crippen LogP contribution in [0.15, 0.2) is 36.4 Å². The van der Waals surface area contributed by atoms with Crippen molar-refractivity contribution in [3.05, 3.63) is 47.5 Å². The molecule has 1 aliphatic heterocycles. The second kappa shape index (κ2) is 25.5. The Balaban J connectivity index is 1.49. The van der Waals surface area contributed by atoms with Crippen LogP contribution in [0.3, 0.4) is 0 Å². The lowest BCUT2D eigenvalue weighted by Crippen LogP contribution is -2.15. The predicted molar refractivity (Wildman–Crippen MR) is 192 cm³/mol. The fourth-order valence-corrected chi connectivity index (χ4v) is 5.90. The molecule has 272 valence electrons. The van der Waals surface area contributed by atoms with Gasteiger partial charge in [-0.05, 0) is 48.2 Å². The molecule has 3 rings (SSSR count). The van der Waals surface area contributed by atoms with Crippen molar-refractivity contribution in [2.45, 2.75) is 129 Å². The molecule has 2 atom stereocenters. The van der Waals surface area contributed by atoms with E-state index < -0.39 is 12.2 Å². The van der Waals surface area contributed by atoms with Gasteiger partial charge < -0.3 is 38.6 Å². The van der Waals surface area contributed by atoms with Gasteiger partial charge in [-0.1, -0.05) is 116 Å². The molecule has 1 heterocycles. The van der Waals surface area contributed by atoms with Gasteiger partial charge in [0.25, 0.3) is 0 Å². The normalized spacial score (nSPS) is 16.1. The minimum Gasteiger partial charge on any atom is -0.487 e. The number of aliphatic hydroxyl groups excluding tert-OH is 2. The first kappa shape index (κ1) is 39.9. The molecule has 8 heteroatoms. The molecule has 0 bridgehead atoms. The second-order valence-corrected chi connectivity index (χ2v) is 12.9. The maximum Gasteiger partial charge on any atom is 0.161 e. The molecule has 1 aliphatic rings. The quantitative estimate of drug-likeness (QED) is 0.151. The van der Waals surface area contributed by atoms with Gasteiger partial charge in [0.2, 0.25) is 0 Å². The van der Waals surface area contributed by atoms with Crippen LogP contribution < -0.4 is 18.9 Å². The highest BCUT2D eigenvalue weighted by atomic mass is 16.6. The summed E-state index contributed by atoms with van der Waals surface area (Å²) in [6, 6.07) is 11.3. The summed E-state index contributed by atoms with van der Waals surface area (Å²) < 4.78 is 35.8. The Morgan fingerprint density at radius 3 is 1.15 bits per heavy atom. The van der Waals surface area contributed by atoms with E-state index in [9.17, 15) is 10.2 Å². The van der Waals surface area contributed by atoms with Crippen LogP contribution in [0.5, 0.6) is 23.0 Å². The van der Waals surface area contributed by atoms with Gasteiger partial charge in [-0.2, -0.15) is 0 Å². The monoisotopic (exact) mass is 672 g/mol. The van der Waals surface area contributed by atoms with Crippen molar-refractivity contribution in [3.8, 4) is 23.0 Å². The third-order valence-corrected chi connectivity index (χ3v) is 8.81. The minimum atomic E-state index is -0.536. The van der Waals surface area contributed by atoms with Gasteiger partial charge >= 0.3 is 0 Å². The van der Waals surface area contributed by atoms with E-state index in [0.29, 0.717) is 75.9 Å². The van der Waals surface area contributed by atoms with Gasteiger partial charge in [-0.25, -0.2) is 0 Å². The van der Waals surface area contributed by atoms with Crippen LogP contribution in [0.4, 0.5) is 0 Å². The third kappa shape index (κ3) is 16.3. The standard InChI is InChI=1S/C40H64O8/c1-3-5-7-9-11-13-15-17-35(41)33-19-21-37-39(31-33)47-29-25-43-24-28-46-38-22-20-34(32-40(38)48-30-26-44-23-27-45-37)36(42)18-16-14-12-10-8-6-4-2/h19-22,31-32,35-36,41-42H,3-18,23-30H2,1-2H3/t35-,36-/m1/s1. The zero-order valence-electron chi connectivity index (χ0n) is 29.9. The van der Waals surface area contributed by atoms with Gasteiger partial charge in [0.05, 0.1) is 38.6 Å². The largest absolute Gasteiger partial charge is 0.487 e. The van der Waals surface area contributed by atoms with E-state index in [-0.39, 0.29) is 0 Å². The molecule has 0 fully saturated rings. The lowest BCUT2D eigenvalue weighted by Gasteiger charge is -2.18. The van der Waals surface area contributed by atoms with Crippen molar-refractivity contribution in [1.82, 2.24) is 0 Å². The van der Waals surface area contributed by atoms with Gasteiger partial charge in [-0.15, -0.1) is 0 Å². The van der Waals surface area contributed by atoms with Crippen LogP contribution in [-0.2, 0) is 9.47 Å². The number of rotatable bonds is 18. The van der Waals surface area contributed by atoms with Crippen LogP contribution in [-0.4, -0.2) is 63.1 Å². The van der Waals surface area contributed by atoms with E-state index in [1.165, 1.54) is 64.2 Å². The molecule has 48 heavy (non-hydrogen) atoms.